The molecule has 0 bridgehead atoms. The predicted molar refractivity (Wildman–Crippen MR) is 85.3 cm³/mol. The zero-order chi connectivity index (χ0) is 15.5. The molecular weight excluding hydrogens is 288 g/mol. The van der Waals surface area contributed by atoms with E-state index in [1.807, 2.05) is 24.3 Å². The van der Waals surface area contributed by atoms with Crippen molar-refractivity contribution in [2.75, 3.05) is 13.1 Å². The summed E-state index contributed by atoms with van der Waals surface area (Å²) < 4.78 is 0. The normalized spacial score (nSPS) is 10.2. The standard InChI is InChI=1S/C16H23ClN2O2/c1-13(20)18-10-2-3-11-19-16(21)9-5-7-14-6-4-8-15(17)12-14/h4,6,8,12H,2-3,5,7,9-11H2,1H3,(H,18,20)(H,19,21). The minimum absolute atomic E-state index is 0.0138. The first kappa shape index (κ1) is 17.5. The summed E-state index contributed by atoms with van der Waals surface area (Å²) >= 11 is 5.91. The fourth-order valence-corrected chi connectivity index (χ4v) is 2.19. The van der Waals surface area contributed by atoms with Gasteiger partial charge in [-0.05, 0) is 43.4 Å². The van der Waals surface area contributed by atoms with E-state index >= 15 is 0 Å². The lowest BCUT2D eigenvalue weighted by molar-refractivity contribution is -0.121. The second kappa shape index (κ2) is 10.2. The Hall–Kier alpha value is -1.55. The largest absolute Gasteiger partial charge is 0.356 e. The Balaban J connectivity index is 2.02. The molecule has 21 heavy (non-hydrogen) atoms. The van der Waals surface area contributed by atoms with Gasteiger partial charge in [-0.1, -0.05) is 23.7 Å². The number of carbonyl (C=O) groups excluding carboxylic acids is 2. The molecule has 0 spiro atoms. The summed E-state index contributed by atoms with van der Waals surface area (Å²) in [6.07, 6.45) is 3.95. The molecule has 0 heterocycles. The van der Waals surface area contributed by atoms with E-state index in [1.54, 1.807) is 0 Å². The monoisotopic (exact) mass is 310 g/mol. The van der Waals surface area contributed by atoms with Gasteiger partial charge >= 0.3 is 0 Å². The predicted octanol–water partition coefficient (Wildman–Crippen LogP) is 2.70. The molecular formula is C16H23ClN2O2. The summed E-state index contributed by atoms with van der Waals surface area (Å²) in [5.41, 5.74) is 1.16. The molecule has 0 aliphatic heterocycles. The molecule has 1 aromatic rings. The van der Waals surface area contributed by atoms with Gasteiger partial charge in [0.2, 0.25) is 11.8 Å². The zero-order valence-electron chi connectivity index (χ0n) is 12.5. The van der Waals surface area contributed by atoms with E-state index in [0.29, 0.717) is 19.5 Å². The van der Waals surface area contributed by atoms with Gasteiger partial charge in [0.1, 0.15) is 0 Å². The van der Waals surface area contributed by atoms with Gasteiger partial charge in [-0.2, -0.15) is 0 Å². The third-order valence-corrected chi connectivity index (χ3v) is 3.29. The first-order valence-corrected chi connectivity index (χ1v) is 7.71. The fraction of sp³-hybridized carbons (Fsp3) is 0.500. The Morgan fingerprint density at radius 3 is 2.48 bits per heavy atom. The van der Waals surface area contributed by atoms with E-state index in [-0.39, 0.29) is 11.8 Å². The first-order valence-electron chi connectivity index (χ1n) is 7.33. The Morgan fingerprint density at radius 2 is 1.81 bits per heavy atom. The van der Waals surface area contributed by atoms with E-state index < -0.39 is 0 Å². The second-order valence-corrected chi connectivity index (χ2v) is 5.46. The molecule has 1 aromatic carbocycles. The summed E-state index contributed by atoms with van der Waals surface area (Å²) in [4.78, 5) is 22.3. The molecule has 0 fully saturated rings. The number of rotatable bonds is 9. The molecule has 0 aliphatic carbocycles. The lowest BCUT2D eigenvalue weighted by Gasteiger charge is -2.06. The smallest absolute Gasteiger partial charge is 0.220 e. The Kier molecular flexibility index (Phi) is 8.51. The number of hydrogen-bond acceptors (Lipinski definition) is 2. The van der Waals surface area contributed by atoms with Crippen molar-refractivity contribution in [1.29, 1.82) is 0 Å². The Labute approximate surface area is 131 Å². The third kappa shape index (κ3) is 9.08. The van der Waals surface area contributed by atoms with Crippen LogP contribution >= 0.6 is 11.6 Å². The minimum atomic E-state index is -0.0138. The van der Waals surface area contributed by atoms with E-state index in [2.05, 4.69) is 10.6 Å². The molecule has 0 aromatic heterocycles. The van der Waals surface area contributed by atoms with Gasteiger partial charge in [-0.15, -0.1) is 0 Å². The number of hydrogen-bond donors (Lipinski definition) is 2. The van der Waals surface area contributed by atoms with E-state index in [0.717, 1.165) is 36.3 Å². The van der Waals surface area contributed by atoms with Crippen molar-refractivity contribution in [3.63, 3.8) is 0 Å². The van der Waals surface area contributed by atoms with Crippen LogP contribution in [0.25, 0.3) is 0 Å². The van der Waals surface area contributed by atoms with Gasteiger partial charge in [0, 0.05) is 31.5 Å². The van der Waals surface area contributed by atoms with Crippen molar-refractivity contribution in [2.45, 2.75) is 39.0 Å². The third-order valence-electron chi connectivity index (χ3n) is 3.06. The van der Waals surface area contributed by atoms with Crippen LogP contribution in [0.1, 0.15) is 38.2 Å². The minimum Gasteiger partial charge on any atom is -0.356 e. The average Bonchev–Trinajstić information content (AvgIpc) is 2.42. The lowest BCUT2D eigenvalue weighted by atomic mass is 10.1. The average molecular weight is 311 g/mol. The van der Waals surface area contributed by atoms with Crippen molar-refractivity contribution < 1.29 is 9.59 Å². The highest BCUT2D eigenvalue weighted by Gasteiger charge is 2.01. The molecule has 0 aliphatic rings. The maximum atomic E-state index is 11.6. The molecule has 2 N–H and O–H groups in total. The molecule has 5 heteroatoms. The Morgan fingerprint density at radius 1 is 1.10 bits per heavy atom. The molecule has 0 saturated carbocycles. The van der Waals surface area contributed by atoms with Gasteiger partial charge < -0.3 is 10.6 Å². The van der Waals surface area contributed by atoms with Crippen molar-refractivity contribution in [3.05, 3.63) is 34.9 Å². The first-order chi connectivity index (χ1) is 10.1. The number of nitrogens with one attached hydrogen (secondary N) is 2. The number of benzene rings is 1. The van der Waals surface area contributed by atoms with Crippen LogP contribution in [0.2, 0.25) is 5.02 Å². The molecule has 0 saturated heterocycles. The molecule has 0 atom stereocenters. The summed E-state index contributed by atoms with van der Waals surface area (Å²) in [5.74, 6) is 0.0663. The van der Waals surface area contributed by atoms with Gasteiger partial charge in [-0.3, -0.25) is 9.59 Å². The molecule has 1 rings (SSSR count). The van der Waals surface area contributed by atoms with Crippen LogP contribution in [0.3, 0.4) is 0 Å². The fourth-order valence-electron chi connectivity index (χ4n) is 1.98. The summed E-state index contributed by atoms with van der Waals surface area (Å²) in [5, 5.41) is 6.35. The highest BCUT2D eigenvalue weighted by atomic mass is 35.5. The topological polar surface area (TPSA) is 58.2 Å². The zero-order valence-corrected chi connectivity index (χ0v) is 13.2. The van der Waals surface area contributed by atoms with Crippen LogP contribution in [0, 0.1) is 0 Å². The van der Waals surface area contributed by atoms with Gasteiger partial charge in [0.05, 0.1) is 0 Å². The number of unbranched alkanes of at least 4 members (excludes halogenated alkanes) is 1. The van der Waals surface area contributed by atoms with E-state index in [1.165, 1.54) is 6.92 Å². The number of halogens is 1. The summed E-state index contributed by atoms with van der Waals surface area (Å²) in [7, 11) is 0. The maximum absolute atomic E-state index is 11.6. The van der Waals surface area contributed by atoms with Crippen LogP contribution in [0.15, 0.2) is 24.3 Å². The number of aryl methyl sites for hydroxylation is 1. The number of amides is 2. The molecule has 116 valence electrons. The highest BCUT2D eigenvalue weighted by Crippen LogP contribution is 2.12. The van der Waals surface area contributed by atoms with Crippen LogP contribution in [-0.4, -0.2) is 24.9 Å². The van der Waals surface area contributed by atoms with E-state index in [9.17, 15) is 9.59 Å². The van der Waals surface area contributed by atoms with Crippen LogP contribution in [0.5, 0.6) is 0 Å². The van der Waals surface area contributed by atoms with Crippen molar-refractivity contribution in [3.8, 4) is 0 Å². The molecule has 0 unspecified atom stereocenters. The second-order valence-electron chi connectivity index (χ2n) is 5.02. The van der Waals surface area contributed by atoms with Crippen LogP contribution in [0.4, 0.5) is 0 Å². The molecule has 2 amide bonds. The summed E-state index contributed by atoms with van der Waals surface area (Å²) in [6, 6.07) is 7.72. The quantitative estimate of drug-likeness (QED) is 0.689. The highest BCUT2D eigenvalue weighted by molar-refractivity contribution is 6.30. The van der Waals surface area contributed by atoms with Crippen molar-refractivity contribution in [2.24, 2.45) is 0 Å². The number of carbonyl (C=O) groups is 2. The van der Waals surface area contributed by atoms with Crippen LogP contribution < -0.4 is 10.6 Å². The molecule has 0 radical (unpaired) electrons. The van der Waals surface area contributed by atoms with Crippen molar-refractivity contribution >= 4 is 23.4 Å². The van der Waals surface area contributed by atoms with Gasteiger partial charge in [0.25, 0.3) is 0 Å². The summed E-state index contributed by atoms with van der Waals surface area (Å²) in [6.45, 7) is 2.83. The van der Waals surface area contributed by atoms with Gasteiger partial charge in [-0.25, -0.2) is 0 Å². The molecule has 4 nitrogen and oxygen atoms in total. The van der Waals surface area contributed by atoms with E-state index in [4.69, 9.17) is 11.6 Å². The Bertz CT molecular complexity index is 463. The maximum Gasteiger partial charge on any atom is 0.220 e. The van der Waals surface area contributed by atoms with Crippen LogP contribution in [-0.2, 0) is 16.0 Å². The van der Waals surface area contributed by atoms with Crippen molar-refractivity contribution in [1.82, 2.24) is 10.6 Å². The SMILES string of the molecule is CC(=O)NCCCCNC(=O)CCCc1cccc(Cl)c1. The lowest BCUT2D eigenvalue weighted by Crippen LogP contribution is -2.26. The van der Waals surface area contributed by atoms with Gasteiger partial charge in [0.15, 0.2) is 0 Å².